The summed E-state index contributed by atoms with van der Waals surface area (Å²) < 4.78 is 0. The molecule has 6 N–H and O–H groups in total. The minimum Gasteiger partial charge on any atom is -0.507 e. The number of phenolic OH excluding ortho intramolecular Hbond substituents is 2. The molecule has 0 aliphatic heterocycles. The highest BCUT2D eigenvalue weighted by atomic mass is 16.3. The fourth-order valence-electron chi connectivity index (χ4n) is 3.27. The van der Waals surface area contributed by atoms with E-state index < -0.39 is 0 Å². The van der Waals surface area contributed by atoms with Crippen LogP contribution in [0.2, 0.25) is 0 Å². The Kier molecular flexibility index (Phi) is 5.76. The largest absolute Gasteiger partial charge is 0.507 e. The number of nitrogens with one attached hydrogen (secondary N) is 4. The van der Waals surface area contributed by atoms with Crippen molar-refractivity contribution in [3.05, 3.63) is 83.9 Å². The van der Waals surface area contributed by atoms with Gasteiger partial charge in [-0.1, -0.05) is 60.7 Å². The summed E-state index contributed by atoms with van der Waals surface area (Å²) in [7, 11) is 0. The number of amidine groups is 2. The molecule has 0 saturated carbocycles. The molecule has 0 atom stereocenters. The number of benzene rings is 4. The van der Waals surface area contributed by atoms with E-state index in [1.807, 2.05) is 60.7 Å². The van der Waals surface area contributed by atoms with Gasteiger partial charge in [0, 0.05) is 11.1 Å². The Bertz CT molecular complexity index is 1290. The first-order valence-corrected chi connectivity index (χ1v) is 9.71. The summed E-state index contributed by atoms with van der Waals surface area (Å²) in [5.74, 6) is -0.512. The van der Waals surface area contributed by atoms with Crippen LogP contribution in [0.5, 0.6) is 11.5 Å². The van der Waals surface area contributed by atoms with E-state index in [9.17, 15) is 10.2 Å². The lowest BCUT2D eigenvalue weighted by Crippen LogP contribution is -2.34. The first-order chi connectivity index (χ1) is 15.5. The first-order valence-electron chi connectivity index (χ1n) is 9.71. The van der Waals surface area contributed by atoms with Gasteiger partial charge in [-0.3, -0.25) is 21.7 Å². The molecule has 8 nitrogen and oxygen atoms in total. The smallest absolute Gasteiger partial charge is 0.183 e. The van der Waals surface area contributed by atoms with Crippen LogP contribution in [0.4, 0.5) is 0 Å². The Hall–Kier alpha value is -4.72. The minimum atomic E-state index is -0.319. The molecule has 4 aromatic carbocycles. The van der Waals surface area contributed by atoms with Crippen LogP contribution < -0.4 is 10.9 Å². The number of aromatic hydroxyl groups is 2. The standard InChI is InChI=1S/C24H20N6O2/c25-23(29-27-13-19-17-7-3-1-5-15(17)9-11-21(19)31)24(26)30-28-14-20-18-8-4-2-6-16(18)10-12-22(20)32/h1-14,31-32H,(H2,25,29)(H2,26,30)/b27-13+,28-14+. The highest BCUT2D eigenvalue weighted by Crippen LogP contribution is 2.26. The van der Waals surface area contributed by atoms with Gasteiger partial charge in [-0.05, 0) is 33.7 Å². The summed E-state index contributed by atoms with van der Waals surface area (Å²) in [6, 6.07) is 21.9. The average Bonchev–Trinajstić information content (AvgIpc) is 2.81. The summed E-state index contributed by atoms with van der Waals surface area (Å²) in [4.78, 5) is 0. The molecular formula is C24H20N6O2. The average molecular weight is 424 g/mol. The molecule has 4 rings (SSSR count). The van der Waals surface area contributed by atoms with Crippen molar-refractivity contribution in [1.29, 1.82) is 10.8 Å². The lowest BCUT2D eigenvalue weighted by molar-refractivity contribution is 0.475. The number of rotatable bonds is 4. The fraction of sp³-hybridized carbons (Fsp3) is 0. The molecule has 32 heavy (non-hydrogen) atoms. The van der Waals surface area contributed by atoms with E-state index in [4.69, 9.17) is 10.8 Å². The van der Waals surface area contributed by atoms with Crippen LogP contribution in [0.15, 0.2) is 83.0 Å². The molecule has 0 amide bonds. The molecule has 8 heteroatoms. The highest BCUT2D eigenvalue weighted by molar-refractivity contribution is 6.37. The van der Waals surface area contributed by atoms with Gasteiger partial charge in [-0.2, -0.15) is 10.2 Å². The monoisotopic (exact) mass is 424 g/mol. The number of hydrogen-bond donors (Lipinski definition) is 6. The summed E-state index contributed by atoms with van der Waals surface area (Å²) in [5, 5.41) is 47.6. The minimum absolute atomic E-state index is 0.0634. The van der Waals surface area contributed by atoms with E-state index in [-0.39, 0.29) is 23.2 Å². The zero-order chi connectivity index (χ0) is 22.5. The second kappa shape index (κ2) is 8.97. The number of hydrazone groups is 2. The lowest BCUT2D eigenvalue weighted by Gasteiger charge is -2.07. The van der Waals surface area contributed by atoms with Crippen molar-refractivity contribution in [2.24, 2.45) is 10.2 Å². The van der Waals surface area contributed by atoms with E-state index in [1.54, 1.807) is 12.1 Å². The maximum Gasteiger partial charge on any atom is 0.183 e. The van der Waals surface area contributed by atoms with Crippen molar-refractivity contribution < 1.29 is 10.2 Å². The number of phenols is 2. The molecule has 0 aliphatic carbocycles. The van der Waals surface area contributed by atoms with E-state index in [1.165, 1.54) is 12.4 Å². The zero-order valence-electron chi connectivity index (χ0n) is 16.9. The fourth-order valence-corrected chi connectivity index (χ4v) is 3.27. The van der Waals surface area contributed by atoms with Crippen molar-refractivity contribution in [2.75, 3.05) is 0 Å². The molecule has 0 unspecified atom stereocenters. The van der Waals surface area contributed by atoms with Crippen LogP contribution in [0.25, 0.3) is 21.5 Å². The van der Waals surface area contributed by atoms with Gasteiger partial charge in [0.25, 0.3) is 0 Å². The Balaban J connectivity index is 1.42. The molecule has 0 bridgehead atoms. The van der Waals surface area contributed by atoms with E-state index in [2.05, 4.69) is 21.1 Å². The number of hydrogen-bond acceptors (Lipinski definition) is 6. The second-order valence-electron chi connectivity index (χ2n) is 6.93. The maximum atomic E-state index is 10.1. The van der Waals surface area contributed by atoms with Crippen LogP contribution in [-0.4, -0.2) is 34.3 Å². The summed E-state index contributed by atoms with van der Waals surface area (Å²) in [5.41, 5.74) is 5.90. The third kappa shape index (κ3) is 4.24. The van der Waals surface area contributed by atoms with Crippen molar-refractivity contribution >= 4 is 45.6 Å². The Labute approximate surface area is 183 Å². The SMILES string of the molecule is N=C(N/N=C/c1c(O)ccc2ccccc12)C(=N)N/N=C/c1c(O)ccc2ccccc12. The lowest BCUT2D eigenvalue weighted by atomic mass is 10.0. The van der Waals surface area contributed by atoms with Crippen LogP contribution in [-0.2, 0) is 0 Å². The number of fused-ring (bicyclic) bond motifs is 2. The van der Waals surface area contributed by atoms with Crippen molar-refractivity contribution in [3.8, 4) is 11.5 Å². The summed E-state index contributed by atoms with van der Waals surface area (Å²) in [6.07, 6.45) is 2.80. The third-order valence-electron chi connectivity index (χ3n) is 4.89. The Morgan fingerprint density at radius 3 is 1.47 bits per heavy atom. The predicted octanol–water partition coefficient (Wildman–Crippen LogP) is 3.91. The van der Waals surface area contributed by atoms with Crippen molar-refractivity contribution in [3.63, 3.8) is 0 Å². The zero-order valence-corrected chi connectivity index (χ0v) is 16.9. The van der Waals surface area contributed by atoms with E-state index >= 15 is 0 Å². The summed E-state index contributed by atoms with van der Waals surface area (Å²) in [6.45, 7) is 0. The van der Waals surface area contributed by atoms with Gasteiger partial charge in [0.1, 0.15) is 11.5 Å². The second-order valence-corrected chi connectivity index (χ2v) is 6.93. The van der Waals surface area contributed by atoms with E-state index in [0.29, 0.717) is 11.1 Å². The highest BCUT2D eigenvalue weighted by Gasteiger charge is 2.07. The van der Waals surface area contributed by atoms with Crippen molar-refractivity contribution in [1.82, 2.24) is 10.9 Å². The van der Waals surface area contributed by atoms with Crippen LogP contribution in [0, 0.1) is 10.8 Å². The topological polar surface area (TPSA) is 137 Å². The van der Waals surface area contributed by atoms with Crippen LogP contribution >= 0.6 is 0 Å². The Morgan fingerprint density at radius 1 is 0.625 bits per heavy atom. The van der Waals surface area contributed by atoms with Crippen LogP contribution in [0.3, 0.4) is 0 Å². The van der Waals surface area contributed by atoms with Gasteiger partial charge >= 0.3 is 0 Å². The molecule has 0 saturated heterocycles. The van der Waals surface area contributed by atoms with Gasteiger partial charge in [-0.25, -0.2) is 0 Å². The first kappa shape index (κ1) is 20.5. The van der Waals surface area contributed by atoms with Gasteiger partial charge in [0.2, 0.25) is 0 Å². The molecule has 0 fully saturated rings. The maximum absolute atomic E-state index is 10.1. The molecule has 0 aliphatic rings. The van der Waals surface area contributed by atoms with Crippen LogP contribution in [0.1, 0.15) is 11.1 Å². The quantitative estimate of drug-likeness (QED) is 0.168. The molecular weight excluding hydrogens is 404 g/mol. The van der Waals surface area contributed by atoms with Crippen molar-refractivity contribution in [2.45, 2.75) is 0 Å². The molecule has 0 aromatic heterocycles. The normalized spacial score (nSPS) is 11.4. The van der Waals surface area contributed by atoms with Gasteiger partial charge in [0.05, 0.1) is 12.4 Å². The summed E-state index contributed by atoms with van der Waals surface area (Å²) >= 11 is 0. The molecule has 0 heterocycles. The van der Waals surface area contributed by atoms with E-state index in [0.717, 1.165) is 21.5 Å². The number of nitrogens with zero attached hydrogens (tertiary/aromatic N) is 2. The molecule has 158 valence electrons. The van der Waals surface area contributed by atoms with Gasteiger partial charge in [-0.15, -0.1) is 0 Å². The van der Waals surface area contributed by atoms with Gasteiger partial charge < -0.3 is 10.2 Å². The molecule has 4 aromatic rings. The molecule has 0 radical (unpaired) electrons. The predicted molar refractivity (Wildman–Crippen MR) is 128 cm³/mol. The third-order valence-corrected chi connectivity index (χ3v) is 4.89. The van der Waals surface area contributed by atoms with Gasteiger partial charge in [0.15, 0.2) is 11.7 Å². The molecule has 0 spiro atoms. The Morgan fingerprint density at radius 2 is 1.03 bits per heavy atom.